The number of hydrogen-bond donors (Lipinski definition) is 3. The van der Waals surface area contributed by atoms with Gasteiger partial charge in [-0.05, 0) is 12.8 Å². The molecule has 0 aliphatic rings. The van der Waals surface area contributed by atoms with E-state index in [9.17, 15) is 4.79 Å². The van der Waals surface area contributed by atoms with Gasteiger partial charge in [0.2, 0.25) is 5.91 Å². The van der Waals surface area contributed by atoms with E-state index in [-0.39, 0.29) is 25.0 Å². The lowest BCUT2D eigenvalue weighted by molar-refractivity contribution is -0.124. The van der Waals surface area contributed by atoms with E-state index in [0.29, 0.717) is 6.42 Å². The van der Waals surface area contributed by atoms with E-state index in [0.717, 1.165) is 0 Å². The molecule has 3 N–H and O–H groups in total. The Morgan fingerprint density at radius 1 is 1.38 bits per heavy atom. The summed E-state index contributed by atoms with van der Waals surface area (Å²) in [7, 11) is 0. The number of carbonyl (C=O) groups is 1. The normalized spacial score (nSPS) is 11.8. The first-order valence-corrected chi connectivity index (χ1v) is 4.46. The lowest BCUT2D eigenvalue weighted by atomic mass is 10.0. The van der Waals surface area contributed by atoms with E-state index >= 15 is 0 Å². The lowest BCUT2D eigenvalue weighted by Gasteiger charge is -2.26. The van der Waals surface area contributed by atoms with Gasteiger partial charge < -0.3 is 15.5 Å². The van der Waals surface area contributed by atoms with E-state index in [4.69, 9.17) is 10.2 Å². The van der Waals surface area contributed by atoms with Crippen LogP contribution in [0.1, 0.15) is 27.2 Å². The third-order valence-electron chi connectivity index (χ3n) is 1.73. The molecule has 0 aromatic heterocycles. The topological polar surface area (TPSA) is 69.6 Å². The summed E-state index contributed by atoms with van der Waals surface area (Å²) in [6.45, 7) is 4.97. The van der Waals surface area contributed by atoms with Gasteiger partial charge in [-0.15, -0.1) is 0 Å². The lowest BCUT2D eigenvalue weighted by Crippen LogP contribution is -2.51. The van der Waals surface area contributed by atoms with Crippen LogP contribution < -0.4 is 5.32 Å². The number of nitrogens with one attached hydrogen (secondary N) is 1. The van der Waals surface area contributed by atoms with Gasteiger partial charge in [0.1, 0.15) is 0 Å². The smallest absolute Gasteiger partial charge is 0.220 e. The third kappa shape index (κ3) is 4.85. The highest BCUT2D eigenvalue weighted by molar-refractivity contribution is 5.76. The van der Waals surface area contributed by atoms with Gasteiger partial charge in [-0.2, -0.15) is 0 Å². The Kier molecular flexibility index (Phi) is 4.95. The van der Waals surface area contributed by atoms with E-state index in [1.165, 1.54) is 0 Å². The Bertz CT molecular complexity index is 164. The molecule has 0 saturated carbocycles. The summed E-state index contributed by atoms with van der Waals surface area (Å²) in [4.78, 5) is 11.3. The van der Waals surface area contributed by atoms with Crippen LogP contribution >= 0.6 is 0 Å². The van der Waals surface area contributed by atoms with Crippen molar-refractivity contribution in [2.45, 2.75) is 32.7 Å². The quantitative estimate of drug-likeness (QED) is 0.565. The molecular formula is C9H19NO3. The van der Waals surface area contributed by atoms with E-state index in [2.05, 4.69) is 5.32 Å². The number of amides is 1. The summed E-state index contributed by atoms with van der Waals surface area (Å²) < 4.78 is 0. The highest BCUT2D eigenvalue weighted by Gasteiger charge is 2.24. The van der Waals surface area contributed by atoms with Crippen molar-refractivity contribution in [3.8, 4) is 0 Å². The molecule has 0 saturated heterocycles. The fourth-order valence-electron chi connectivity index (χ4n) is 0.887. The van der Waals surface area contributed by atoms with Gasteiger partial charge in [-0.25, -0.2) is 0 Å². The Labute approximate surface area is 79.0 Å². The van der Waals surface area contributed by atoms with Crippen LogP contribution in [0, 0.1) is 5.92 Å². The minimum atomic E-state index is -0.897. The van der Waals surface area contributed by atoms with Gasteiger partial charge >= 0.3 is 0 Å². The molecule has 0 aromatic carbocycles. The molecule has 0 aliphatic heterocycles. The van der Waals surface area contributed by atoms with Crippen LogP contribution in [0.4, 0.5) is 0 Å². The first-order valence-electron chi connectivity index (χ1n) is 4.46. The van der Waals surface area contributed by atoms with Crippen LogP contribution in [0.15, 0.2) is 0 Å². The van der Waals surface area contributed by atoms with E-state index in [1.54, 1.807) is 6.92 Å². The van der Waals surface area contributed by atoms with Crippen molar-refractivity contribution >= 4 is 5.91 Å². The second-order valence-electron chi connectivity index (χ2n) is 4.02. The van der Waals surface area contributed by atoms with Crippen LogP contribution in [0.25, 0.3) is 0 Å². The number of carbonyl (C=O) groups excluding carboxylic acids is 1. The molecule has 4 heteroatoms. The predicted molar refractivity (Wildman–Crippen MR) is 50.2 cm³/mol. The van der Waals surface area contributed by atoms with Crippen molar-refractivity contribution in [1.82, 2.24) is 5.32 Å². The monoisotopic (exact) mass is 189 g/mol. The van der Waals surface area contributed by atoms with Crippen molar-refractivity contribution in [3.63, 3.8) is 0 Å². The maximum absolute atomic E-state index is 11.3. The average molecular weight is 189 g/mol. The number of hydrogen-bond acceptors (Lipinski definition) is 3. The summed E-state index contributed by atoms with van der Waals surface area (Å²) in [6.07, 6.45) is 0.412. The molecule has 0 radical (unpaired) electrons. The molecule has 0 unspecified atom stereocenters. The van der Waals surface area contributed by atoms with E-state index < -0.39 is 5.54 Å². The molecular weight excluding hydrogens is 170 g/mol. The van der Waals surface area contributed by atoms with Gasteiger partial charge in [0.15, 0.2) is 0 Å². The van der Waals surface area contributed by atoms with Crippen molar-refractivity contribution < 1.29 is 15.0 Å². The average Bonchev–Trinajstić information content (AvgIpc) is 2.02. The van der Waals surface area contributed by atoms with Crippen LogP contribution in [-0.4, -0.2) is 34.9 Å². The summed E-state index contributed by atoms with van der Waals surface area (Å²) in [5.41, 5.74) is -0.897. The fourth-order valence-corrected chi connectivity index (χ4v) is 0.887. The van der Waals surface area contributed by atoms with Gasteiger partial charge in [0.25, 0.3) is 0 Å². The van der Waals surface area contributed by atoms with Crippen molar-refractivity contribution in [1.29, 1.82) is 0 Å². The molecule has 0 bridgehead atoms. The van der Waals surface area contributed by atoms with Gasteiger partial charge in [0, 0.05) is 6.42 Å². The van der Waals surface area contributed by atoms with Crippen LogP contribution in [0.2, 0.25) is 0 Å². The molecule has 1 amide bonds. The molecule has 0 spiro atoms. The first-order chi connectivity index (χ1) is 5.93. The van der Waals surface area contributed by atoms with Gasteiger partial charge in [-0.1, -0.05) is 13.8 Å². The van der Waals surface area contributed by atoms with Gasteiger partial charge in [-0.3, -0.25) is 4.79 Å². The largest absolute Gasteiger partial charge is 0.394 e. The number of rotatable bonds is 5. The molecule has 13 heavy (non-hydrogen) atoms. The summed E-state index contributed by atoms with van der Waals surface area (Å²) >= 11 is 0. The standard InChI is InChI=1S/C9H19NO3/c1-7(2)4-8(13)10-9(3,5-11)6-12/h7,11-12H,4-6H2,1-3H3,(H,10,13). The zero-order valence-electron chi connectivity index (χ0n) is 8.50. The molecule has 78 valence electrons. The van der Waals surface area contributed by atoms with Crippen molar-refractivity contribution in [2.75, 3.05) is 13.2 Å². The maximum atomic E-state index is 11.3. The molecule has 0 fully saturated rings. The number of aliphatic hydroxyl groups excluding tert-OH is 2. The second-order valence-corrected chi connectivity index (χ2v) is 4.02. The van der Waals surface area contributed by atoms with Crippen molar-refractivity contribution in [2.24, 2.45) is 5.92 Å². The summed E-state index contributed by atoms with van der Waals surface area (Å²) in [5.74, 6) is 0.141. The molecule has 0 atom stereocenters. The minimum absolute atomic E-state index is 0.138. The Hall–Kier alpha value is -0.610. The second kappa shape index (κ2) is 5.19. The van der Waals surface area contributed by atoms with Crippen LogP contribution in [0.5, 0.6) is 0 Å². The molecule has 0 rings (SSSR count). The van der Waals surface area contributed by atoms with Crippen molar-refractivity contribution in [3.05, 3.63) is 0 Å². The Morgan fingerprint density at radius 3 is 2.15 bits per heavy atom. The summed E-state index contributed by atoms with van der Waals surface area (Å²) in [5, 5.41) is 20.4. The van der Waals surface area contributed by atoms with Crippen LogP contribution in [0.3, 0.4) is 0 Å². The number of aliphatic hydroxyl groups is 2. The molecule has 4 nitrogen and oxygen atoms in total. The fraction of sp³-hybridized carbons (Fsp3) is 0.889. The molecule has 0 aliphatic carbocycles. The Balaban J connectivity index is 4.02. The van der Waals surface area contributed by atoms with Gasteiger partial charge in [0.05, 0.1) is 18.8 Å². The summed E-state index contributed by atoms with van der Waals surface area (Å²) in [6, 6.07) is 0. The zero-order chi connectivity index (χ0) is 10.5. The highest BCUT2D eigenvalue weighted by atomic mass is 16.3. The predicted octanol–water partition coefficient (Wildman–Crippen LogP) is -0.108. The minimum Gasteiger partial charge on any atom is -0.394 e. The van der Waals surface area contributed by atoms with Crippen LogP contribution in [-0.2, 0) is 4.79 Å². The third-order valence-corrected chi connectivity index (χ3v) is 1.73. The zero-order valence-corrected chi connectivity index (χ0v) is 8.50. The molecule has 0 aromatic rings. The van der Waals surface area contributed by atoms with E-state index in [1.807, 2.05) is 13.8 Å². The highest BCUT2D eigenvalue weighted by Crippen LogP contribution is 2.04. The molecule has 0 heterocycles. The Morgan fingerprint density at radius 2 is 1.85 bits per heavy atom. The SMILES string of the molecule is CC(C)CC(=O)NC(C)(CO)CO. The maximum Gasteiger partial charge on any atom is 0.220 e. The first kappa shape index (κ1) is 12.4.